The number of carbonyl (C=O) groups is 3. The maximum atomic E-state index is 12.7. The van der Waals surface area contributed by atoms with Gasteiger partial charge in [0.05, 0.1) is 5.69 Å². The molecule has 0 aliphatic carbocycles. The normalized spacial score (nSPS) is 16.5. The van der Waals surface area contributed by atoms with Crippen LogP contribution in [0, 0.1) is 13.8 Å². The topological polar surface area (TPSA) is 66.5 Å². The summed E-state index contributed by atoms with van der Waals surface area (Å²) in [6.07, 6.45) is 1.50. The number of hydrogen-bond donors (Lipinski definition) is 1. The largest absolute Gasteiger partial charge is 0.335 e. The fourth-order valence-corrected chi connectivity index (χ4v) is 2.51. The van der Waals surface area contributed by atoms with Crippen molar-refractivity contribution < 1.29 is 14.4 Å². The number of hydrogen-bond acceptors (Lipinski definition) is 3. The fraction of sp³-hybridized carbons (Fsp3) is 0.105. The number of urea groups is 1. The maximum Gasteiger partial charge on any atom is 0.335 e. The summed E-state index contributed by atoms with van der Waals surface area (Å²) in [6.45, 7) is 3.83. The molecule has 2 aromatic carbocycles. The van der Waals surface area contributed by atoms with Crippen LogP contribution in [0.2, 0.25) is 0 Å². The monoisotopic (exact) mass is 320 g/mol. The van der Waals surface area contributed by atoms with Gasteiger partial charge in [0.25, 0.3) is 11.8 Å². The minimum Gasteiger partial charge on any atom is -0.273 e. The van der Waals surface area contributed by atoms with Gasteiger partial charge in [0.1, 0.15) is 5.57 Å². The van der Waals surface area contributed by atoms with E-state index in [1.807, 2.05) is 32.0 Å². The van der Waals surface area contributed by atoms with Crippen molar-refractivity contribution >= 4 is 29.6 Å². The Morgan fingerprint density at radius 3 is 2.29 bits per heavy atom. The zero-order valence-electron chi connectivity index (χ0n) is 13.4. The summed E-state index contributed by atoms with van der Waals surface area (Å²) < 4.78 is 0. The molecular formula is C19H16N2O3. The molecule has 1 fully saturated rings. The number of aryl methyl sites for hydroxylation is 2. The van der Waals surface area contributed by atoms with E-state index in [1.54, 1.807) is 30.3 Å². The molecule has 0 saturated carbocycles. The molecule has 1 saturated heterocycles. The number of imide groups is 2. The number of amides is 4. The number of nitrogens with one attached hydrogen (secondary N) is 1. The van der Waals surface area contributed by atoms with Gasteiger partial charge in [-0.1, -0.05) is 47.5 Å². The summed E-state index contributed by atoms with van der Waals surface area (Å²) >= 11 is 0. The molecule has 1 heterocycles. The van der Waals surface area contributed by atoms with Gasteiger partial charge in [-0.3, -0.25) is 14.9 Å². The highest BCUT2D eigenvalue weighted by Crippen LogP contribution is 2.22. The number of nitrogens with zero attached hydrogens (tertiary/aromatic N) is 1. The second-order valence-electron chi connectivity index (χ2n) is 5.71. The van der Waals surface area contributed by atoms with Gasteiger partial charge in [-0.25, -0.2) is 9.69 Å². The van der Waals surface area contributed by atoms with E-state index < -0.39 is 17.8 Å². The van der Waals surface area contributed by atoms with Crippen LogP contribution in [0.5, 0.6) is 0 Å². The van der Waals surface area contributed by atoms with Gasteiger partial charge < -0.3 is 0 Å². The van der Waals surface area contributed by atoms with Crippen molar-refractivity contribution in [3.63, 3.8) is 0 Å². The Balaban J connectivity index is 2.01. The quantitative estimate of drug-likeness (QED) is 0.683. The third-order valence-corrected chi connectivity index (χ3v) is 3.75. The van der Waals surface area contributed by atoms with E-state index in [4.69, 9.17) is 0 Å². The van der Waals surface area contributed by atoms with Crippen molar-refractivity contribution in [3.05, 3.63) is 70.8 Å². The Bertz CT molecular complexity index is 866. The second-order valence-corrected chi connectivity index (χ2v) is 5.71. The van der Waals surface area contributed by atoms with Gasteiger partial charge in [-0.05, 0) is 37.6 Å². The summed E-state index contributed by atoms with van der Waals surface area (Å²) in [5.74, 6) is -1.32. The smallest absolute Gasteiger partial charge is 0.273 e. The third-order valence-electron chi connectivity index (χ3n) is 3.75. The van der Waals surface area contributed by atoms with Crippen LogP contribution in [0.25, 0.3) is 6.08 Å². The molecule has 0 radical (unpaired) electrons. The van der Waals surface area contributed by atoms with Gasteiger partial charge in [0.2, 0.25) is 0 Å². The molecule has 120 valence electrons. The molecule has 2 aromatic rings. The van der Waals surface area contributed by atoms with E-state index >= 15 is 0 Å². The zero-order valence-corrected chi connectivity index (χ0v) is 13.4. The molecule has 4 amide bonds. The minimum absolute atomic E-state index is 0.0687. The first-order valence-electron chi connectivity index (χ1n) is 7.50. The molecule has 5 nitrogen and oxygen atoms in total. The lowest BCUT2D eigenvalue weighted by Crippen LogP contribution is -2.54. The van der Waals surface area contributed by atoms with E-state index in [-0.39, 0.29) is 5.57 Å². The van der Waals surface area contributed by atoms with Crippen LogP contribution in [0.15, 0.2) is 54.1 Å². The molecule has 3 rings (SSSR count). The van der Waals surface area contributed by atoms with Crippen LogP contribution < -0.4 is 10.2 Å². The molecule has 0 aromatic heterocycles. The van der Waals surface area contributed by atoms with Gasteiger partial charge in [-0.15, -0.1) is 0 Å². The molecule has 0 spiro atoms. The van der Waals surface area contributed by atoms with Crippen LogP contribution in [-0.4, -0.2) is 17.8 Å². The van der Waals surface area contributed by atoms with E-state index in [0.717, 1.165) is 21.6 Å². The van der Waals surface area contributed by atoms with Crippen molar-refractivity contribution in [2.45, 2.75) is 13.8 Å². The first-order valence-corrected chi connectivity index (χ1v) is 7.50. The summed E-state index contributed by atoms with van der Waals surface area (Å²) in [7, 11) is 0. The first-order chi connectivity index (χ1) is 11.5. The van der Waals surface area contributed by atoms with Gasteiger partial charge in [0, 0.05) is 0 Å². The molecule has 5 heteroatoms. The lowest BCUT2D eigenvalue weighted by molar-refractivity contribution is -0.122. The highest BCUT2D eigenvalue weighted by atomic mass is 16.2. The number of carbonyl (C=O) groups excluding carboxylic acids is 3. The van der Waals surface area contributed by atoms with Crippen LogP contribution >= 0.6 is 0 Å². The molecular weight excluding hydrogens is 304 g/mol. The molecule has 0 unspecified atom stereocenters. The van der Waals surface area contributed by atoms with Gasteiger partial charge in [-0.2, -0.15) is 0 Å². The van der Waals surface area contributed by atoms with Crippen molar-refractivity contribution in [1.82, 2.24) is 5.32 Å². The predicted molar refractivity (Wildman–Crippen MR) is 91.4 cm³/mol. The molecule has 1 N–H and O–H groups in total. The molecule has 24 heavy (non-hydrogen) atoms. The van der Waals surface area contributed by atoms with Gasteiger partial charge in [0.15, 0.2) is 0 Å². The van der Waals surface area contributed by atoms with E-state index in [2.05, 4.69) is 5.32 Å². The van der Waals surface area contributed by atoms with Crippen molar-refractivity contribution in [2.24, 2.45) is 0 Å². The van der Waals surface area contributed by atoms with Crippen LogP contribution in [0.1, 0.15) is 16.7 Å². The minimum atomic E-state index is -0.741. The summed E-state index contributed by atoms with van der Waals surface area (Å²) in [4.78, 5) is 37.9. The number of rotatable bonds is 2. The van der Waals surface area contributed by atoms with Crippen LogP contribution in [0.3, 0.4) is 0 Å². The predicted octanol–water partition coefficient (Wildman–Crippen LogP) is 2.97. The van der Waals surface area contributed by atoms with Crippen molar-refractivity contribution in [3.8, 4) is 0 Å². The molecule has 1 aliphatic heterocycles. The fourth-order valence-electron chi connectivity index (χ4n) is 2.51. The average Bonchev–Trinajstić information content (AvgIpc) is 2.53. The van der Waals surface area contributed by atoms with E-state index in [1.165, 1.54) is 6.08 Å². The lowest BCUT2D eigenvalue weighted by atomic mass is 10.1. The highest BCUT2D eigenvalue weighted by molar-refractivity contribution is 6.39. The first kappa shape index (κ1) is 15.7. The standard InChI is InChI=1S/C19H16N2O3/c1-12-6-8-15(9-7-12)21-18(23)16(17(22)20-19(21)24)11-14-5-3-4-13(2)10-14/h3-11H,1-2H3,(H,20,22,24)/b16-11-. The van der Waals surface area contributed by atoms with Crippen LogP contribution in [-0.2, 0) is 9.59 Å². The summed E-state index contributed by atoms with van der Waals surface area (Å²) in [5, 5.41) is 2.22. The Morgan fingerprint density at radius 1 is 0.917 bits per heavy atom. The Hall–Kier alpha value is -3.21. The number of anilines is 1. The third kappa shape index (κ3) is 2.96. The van der Waals surface area contributed by atoms with Crippen LogP contribution in [0.4, 0.5) is 10.5 Å². The number of barbiturate groups is 1. The Morgan fingerprint density at radius 2 is 1.62 bits per heavy atom. The molecule has 0 atom stereocenters. The highest BCUT2D eigenvalue weighted by Gasteiger charge is 2.36. The van der Waals surface area contributed by atoms with E-state index in [0.29, 0.717) is 5.69 Å². The lowest BCUT2D eigenvalue weighted by Gasteiger charge is -2.26. The van der Waals surface area contributed by atoms with Crippen molar-refractivity contribution in [2.75, 3.05) is 4.90 Å². The zero-order chi connectivity index (χ0) is 17.3. The Kier molecular flexibility index (Phi) is 4.00. The molecule has 1 aliphatic rings. The summed E-state index contributed by atoms with van der Waals surface area (Å²) in [6, 6.07) is 13.6. The van der Waals surface area contributed by atoms with Gasteiger partial charge >= 0.3 is 6.03 Å². The maximum absolute atomic E-state index is 12.7. The Labute approximate surface area is 139 Å². The summed E-state index contributed by atoms with van der Waals surface area (Å²) in [5.41, 5.74) is 3.10. The van der Waals surface area contributed by atoms with E-state index in [9.17, 15) is 14.4 Å². The average molecular weight is 320 g/mol. The SMILES string of the molecule is Cc1ccc(N2C(=O)NC(=O)/C(=C/c3cccc(C)c3)C2=O)cc1. The number of benzene rings is 2. The van der Waals surface area contributed by atoms with Crippen molar-refractivity contribution in [1.29, 1.82) is 0 Å². The molecule has 0 bridgehead atoms. The second kappa shape index (κ2) is 6.12.